The van der Waals surface area contributed by atoms with Gasteiger partial charge in [0, 0.05) is 5.56 Å². The van der Waals surface area contributed by atoms with Crippen LogP contribution in [0.1, 0.15) is 45.5 Å². The zero-order chi connectivity index (χ0) is 19.9. The molecule has 0 radical (unpaired) electrons. The average molecular weight is 372 g/mol. The Balaban J connectivity index is 1.79. The van der Waals surface area contributed by atoms with E-state index in [1.54, 1.807) is 19.1 Å². The van der Waals surface area contributed by atoms with Gasteiger partial charge in [0.1, 0.15) is 6.61 Å². The molecule has 142 valence electrons. The molecule has 0 bridgehead atoms. The van der Waals surface area contributed by atoms with E-state index in [1.807, 2.05) is 73.7 Å². The molecule has 0 aromatic heterocycles. The van der Waals surface area contributed by atoms with Gasteiger partial charge in [0.2, 0.25) is 0 Å². The number of hydrogen-bond donors (Lipinski definition) is 0. The second-order valence-electron chi connectivity index (χ2n) is 7.01. The van der Waals surface area contributed by atoms with Gasteiger partial charge in [0.25, 0.3) is 0 Å². The molecular weight excluding hydrogens is 348 g/mol. The molecule has 3 nitrogen and oxygen atoms in total. The molecule has 0 amide bonds. The van der Waals surface area contributed by atoms with E-state index in [9.17, 15) is 9.59 Å². The third kappa shape index (κ3) is 5.17. The summed E-state index contributed by atoms with van der Waals surface area (Å²) >= 11 is 0. The zero-order valence-corrected chi connectivity index (χ0v) is 16.2. The van der Waals surface area contributed by atoms with Gasteiger partial charge in [-0.1, -0.05) is 84.4 Å². The number of ketones is 1. The Morgan fingerprint density at radius 1 is 0.821 bits per heavy atom. The Kier molecular flexibility index (Phi) is 6.38. The number of Topliss-reactive ketones (excluding diaryl/α,β-unsaturated/α-hetero) is 1. The molecule has 0 heterocycles. The fourth-order valence-corrected chi connectivity index (χ4v) is 3.08. The summed E-state index contributed by atoms with van der Waals surface area (Å²) < 4.78 is 5.62. The molecule has 3 aromatic carbocycles. The third-order valence-electron chi connectivity index (χ3n) is 4.79. The lowest BCUT2D eigenvalue weighted by Gasteiger charge is -2.17. The Morgan fingerprint density at radius 2 is 1.46 bits per heavy atom. The molecule has 0 saturated carbocycles. The predicted molar refractivity (Wildman–Crippen MR) is 110 cm³/mol. The monoisotopic (exact) mass is 372 g/mol. The quantitative estimate of drug-likeness (QED) is 0.419. The first-order chi connectivity index (χ1) is 13.5. The van der Waals surface area contributed by atoms with Gasteiger partial charge < -0.3 is 4.74 Å². The molecule has 0 aliphatic carbocycles. The molecule has 28 heavy (non-hydrogen) atoms. The molecule has 0 fully saturated rings. The molecule has 0 aliphatic heterocycles. The van der Waals surface area contributed by atoms with E-state index in [1.165, 1.54) is 0 Å². The fraction of sp³-hybridized carbons (Fsp3) is 0.200. The van der Waals surface area contributed by atoms with E-state index in [-0.39, 0.29) is 18.4 Å². The molecule has 1 unspecified atom stereocenters. The summed E-state index contributed by atoms with van der Waals surface area (Å²) in [7, 11) is 0. The number of benzene rings is 3. The van der Waals surface area contributed by atoms with Gasteiger partial charge in [-0.25, -0.2) is 0 Å². The van der Waals surface area contributed by atoms with Gasteiger partial charge in [0.05, 0.1) is 5.92 Å². The van der Waals surface area contributed by atoms with Crippen LogP contribution in [0.2, 0.25) is 0 Å². The first kappa shape index (κ1) is 19.6. The van der Waals surface area contributed by atoms with E-state index < -0.39 is 5.92 Å². The normalized spacial score (nSPS) is 11.6. The summed E-state index contributed by atoms with van der Waals surface area (Å²) in [6.45, 7) is 3.82. The summed E-state index contributed by atoms with van der Waals surface area (Å²) in [6, 6.07) is 25.1. The van der Waals surface area contributed by atoms with E-state index in [0.717, 1.165) is 22.3 Å². The second-order valence-corrected chi connectivity index (χ2v) is 7.01. The maximum atomic E-state index is 12.9. The van der Waals surface area contributed by atoms with Gasteiger partial charge in [-0.15, -0.1) is 0 Å². The zero-order valence-electron chi connectivity index (χ0n) is 16.2. The molecule has 0 N–H and O–H groups in total. The standard InChI is InChI=1S/C25H24O3/c1-18-8-12-23(13-9-18)24(16-20-10-14-22(15-11-20)19(2)26)25(27)28-17-21-6-4-3-5-7-21/h3-15,24H,16-17H2,1-2H3. The Bertz CT molecular complexity index is 926. The van der Waals surface area contributed by atoms with E-state index in [4.69, 9.17) is 4.74 Å². The smallest absolute Gasteiger partial charge is 0.314 e. The van der Waals surface area contributed by atoms with E-state index >= 15 is 0 Å². The minimum absolute atomic E-state index is 0.0314. The minimum atomic E-state index is -0.396. The second kappa shape index (κ2) is 9.14. The Labute approximate surface area is 166 Å². The largest absolute Gasteiger partial charge is 0.460 e. The highest BCUT2D eigenvalue weighted by molar-refractivity contribution is 5.94. The van der Waals surface area contributed by atoms with Gasteiger partial charge in [-0.2, -0.15) is 0 Å². The van der Waals surface area contributed by atoms with Crippen LogP contribution < -0.4 is 0 Å². The van der Waals surface area contributed by atoms with Gasteiger partial charge in [-0.3, -0.25) is 9.59 Å². The SMILES string of the molecule is CC(=O)c1ccc(CC(C(=O)OCc2ccccc2)c2ccc(C)cc2)cc1. The number of hydrogen-bond acceptors (Lipinski definition) is 3. The van der Waals surface area contributed by atoms with Crippen LogP contribution in [-0.4, -0.2) is 11.8 Å². The van der Waals surface area contributed by atoms with Crippen LogP contribution in [0.15, 0.2) is 78.9 Å². The van der Waals surface area contributed by atoms with Crippen LogP contribution in [-0.2, 0) is 22.6 Å². The molecule has 3 rings (SSSR count). The van der Waals surface area contributed by atoms with Crippen molar-refractivity contribution < 1.29 is 14.3 Å². The van der Waals surface area contributed by atoms with Crippen molar-refractivity contribution in [2.75, 3.05) is 0 Å². The molecule has 0 saturated heterocycles. The van der Waals surface area contributed by atoms with Crippen molar-refractivity contribution in [3.8, 4) is 0 Å². The van der Waals surface area contributed by atoms with Crippen molar-refractivity contribution in [3.05, 3.63) is 107 Å². The summed E-state index contributed by atoms with van der Waals surface area (Å²) in [6.07, 6.45) is 0.523. The van der Waals surface area contributed by atoms with Crippen molar-refractivity contribution in [3.63, 3.8) is 0 Å². The lowest BCUT2D eigenvalue weighted by Crippen LogP contribution is -2.18. The summed E-state index contributed by atoms with van der Waals surface area (Å²) in [5.74, 6) is -0.611. The van der Waals surface area contributed by atoms with Crippen LogP contribution >= 0.6 is 0 Å². The van der Waals surface area contributed by atoms with Crippen molar-refractivity contribution in [2.24, 2.45) is 0 Å². The van der Waals surface area contributed by atoms with E-state index in [2.05, 4.69) is 0 Å². The van der Waals surface area contributed by atoms with E-state index in [0.29, 0.717) is 12.0 Å². The Hall–Kier alpha value is -3.20. The van der Waals surface area contributed by atoms with Gasteiger partial charge in [0.15, 0.2) is 5.78 Å². The van der Waals surface area contributed by atoms with Crippen molar-refractivity contribution in [1.29, 1.82) is 0 Å². The highest BCUT2D eigenvalue weighted by Gasteiger charge is 2.23. The van der Waals surface area contributed by atoms with Crippen LogP contribution in [0.25, 0.3) is 0 Å². The number of carbonyl (C=O) groups is 2. The topological polar surface area (TPSA) is 43.4 Å². The summed E-state index contributed by atoms with van der Waals surface area (Å²) in [4.78, 5) is 24.4. The Morgan fingerprint density at radius 3 is 2.07 bits per heavy atom. The summed E-state index contributed by atoms with van der Waals surface area (Å²) in [5.41, 5.74) is 4.70. The van der Waals surface area contributed by atoms with Gasteiger partial charge in [-0.05, 0) is 37.0 Å². The van der Waals surface area contributed by atoms with Crippen LogP contribution in [0, 0.1) is 6.92 Å². The lowest BCUT2D eigenvalue weighted by atomic mass is 9.91. The molecule has 3 heteroatoms. The number of aryl methyl sites for hydroxylation is 1. The molecule has 3 aromatic rings. The van der Waals surface area contributed by atoms with Crippen LogP contribution in [0.3, 0.4) is 0 Å². The number of esters is 1. The highest BCUT2D eigenvalue weighted by atomic mass is 16.5. The number of ether oxygens (including phenoxy) is 1. The third-order valence-corrected chi connectivity index (χ3v) is 4.79. The number of carbonyl (C=O) groups excluding carboxylic acids is 2. The fourth-order valence-electron chi connectivity index (χ4n) is 3.08. The van der Waals surface area contributed by atoms with Crippen molar-refractivity contribution in [1.82, 2.24) is 0 Å². The lowest BCUT2D eigenvalue weighted by molar-refractivity contribution is -0.146. The van der Waals surface area contributed by atoms with Crippen LogP contribution in [0.5, 0.6) is 0 Å². The van der Waals surface area contributed by atoms with Crippen molar-refractivity contribution >= 4 is 11.8 Å². The first-order valence-electron chi connectivity index (χ1n) is 9.40. The predicted octanol–water partition coefficient (Wildman–Crippen LogP) is 5.27. The molecular formula is C25H24O3. The van der Waals surface area contributed by atoms with Crippen LogP contribution in [0.4, 0.5) is 0 Å². The molecule has 0 spiro atoms. The maximum absolute atomic E-state index is 12.9. The minimum Gasteiger partial charge on any atom is -0.460 e. The van der Waals surface area contributed by atoms with Gasteiger partial charge >= 0.3 is 5.97 Å². The first-order valence-corrected chi connectivity index (χ1v) is 9.40. The molecule has 0 aliphatic rings. The number of rotatable bonds is 7. The average Bonchev–Trinajstić information content (AvgIpc) is 2.72. The summed E-state index contributed by atoms with van der Waals surface area (Å²) in [5, 5.41) is 0. The molecule has 1 atom stereocenters. The van der Waals surface area contributed by atoms with Crippen molar-refractivity contribution in [2.45, 2.75) is 32.8 Å². The maximum Gasteiger partial charge on any atom is 0.314 e. The highest BCUT2D eigenvalue weighted by Crippen LogP contribution is 2.24.